The van der Waals surface area contributed by atoms with E-state index in [1.807, 2.05) is 71.3 Å². The van der Waals surface area contributed by atoms with Gasteiger partial charge in [0.05, 0.1) is 0 Å². The van der Waals surface area contributed by atoms with E-state index in [2.05, 4.69) is 24.3 Å². The molecule has 0 unspecified atom stereocenters. The quantitative estimate of drug-likeness (QED) is 0.365. The second-order valence-corrected chi connectivity index (χ2v) is 6.45. The molecule has 1 nitrogen and oxygen atoms in total. The van der Waals surface area contributed by atoms with Crippen LogP contribution in [0.4, 0.5) is 0 Å². The Bertz CT molecular complexity index is 928. The van der Waals surface area contributed by atoms with Crippen molar-refractivity contribution in [3.05, 3.63) is 101 Å². The van der Waals surface area contributed by atoms with Gasteiger partial charge >= 0.3 is 0 Å². The van der Waals surface area contributed by atoms with Gasteiger partial charge in [0.1, 0.15) is 10.3 Å². The molecule has 0 N–H and O–H groups in total. The Morgan fingerprint density at radius 2 is 0.840 bits per heavy atom. The number of aromatic nitrogens is 1. The Labute approximate surface area is 157 Å². The molecule has 3 heteroatoms. The van der Waals surface area contributed by atoms with E-state index in [4.69, 9.17) is 23.2 Å². The van der Waals surface area contributed by atoms with Gasteiger partial charge in [0, 0.05) is 16.8 Å². The minimum Gasteiger partial charge on any atom is -0.290 e. The van der Waals surface area contributed by atoms with E-state index in [-0.39, 0.29) is 0 Å². The average Bonchev–Trinajstić information content (AvgIpc) is 2.94. The van der Waals surface area contributed by atoms with Gasteiger partial charge in [-0.2, -0.15) is 0 Å². The molecule has 4 aromatic rings. The summed E-state index contributed by atoms with van der Waals surface area (Å²) in [5, 5.41) is 1.22. The highest BCUT2D eigenvalue weighted by molar-refractivity contribution is 6.39. The van der Waals surface area contributed by atoms with Crippen LogP contribution in [0.15, 0.2) is 91.0 Å². The number of hydrogen-bond donors (Lipinski definition) is 0. The Morgan fingerprint density at radius 1 is 0.480 bits per heavy atom. The van der Waals surface area contributed by atoms with Crippen LogP contribution in [0.1, 0.15) is 0 Å². The topological polar surface area (TPSA) is 4.93 Å². The van der Waals surface area contributed by atoms with Crippen LogP contribution in [0, 0.1) is 0 Å². The van der Waals surface area contributed by atoms with E-state index >= 15 is 0 Å². The maximum absolute atomic E-state index is 6.83. The number of rotatable bonds is 3. The molecule has 0 aliphatic heterocycles. The predicted octanol–water partition coefficient (Wildman–Crippen LogP) is 7.12. The van der Waals surface area contributed by atoms with Crippen molar-refractivity contribution in [3.63, 3.8) is 0 Å². The SMILES string of the molecule is Clc1c(-c2ccccc2)c(-c2ccccc2)c(Cl)n1-c1ccccc1. The smallest absolute Gasteiger partial charge is 0.123 e. The molecule has 3 aromatic carbocycles. The summed E-state index contributed by atoms with van der Waals surface area (Å²) in [7, 11) is 0. The molecule has 0 aliphatic rings. The molecule has 1 heterocycles. The van der Waals surface area contributed by atoms with Gasteiger partial charge < -0.3 is 0 Å². The summed E-state index contributed by atoms with van der Waals surface area (Å²) in [6.07, 6.45) is 0. The number of benzene rings is 3. The van der Waals surface area contributed by atoms with Gasteiger partial charge in [-0.15, -0.1) is 0 Å². The third kappa shape index (κ3) is 2.86. The maximum Gasteiger partial charge on any atom is 0.123 e. The highest BCUT2D eigenvalue weighted by Gasteiger charge is 2.23. The second-order valence-electron chi connectivity index (χ2n) is 5.73. The van der Waals surface area contributed by atoms with E-state index in [0.717, 1.165) is 27.9 Å². The molecule has 0 saturated carbocycles. The predicted molar refractivity (Wildman–Crippen MR) is 107 cm³/mol. The number of halogens is 2. The number of nitrogens with zero attached hydrogens (tertiary/aromatic N) is 1. The summed E-state index contributed by atoms with van der Waals surface area (Å²) in [5.41, 5.74) is 4.92. The largest absolute Gasteiger partial charge is 0.290 e. The fraction of sp³-hybridized carbons (Fsp3) is 0. The van der Waals surface area contributed by atoms with Crippen molar-refractivity contribution in [3.8, 4) is 27.9 Å². The summed E-state index contributed by atoms with van der Waals surface area (Å²) < 4.78 is 1.90. The van der Waals surface area contributed by atoms with Gasteiger partial charge in [-0.1, -0.05) is 102 Å². The Hall–Kier alpha value is -2.48. The molecule has 4 rings (SSSR count). The van der Waals surface area contributed by atoms with Gasteiger partial charge in [0.15, 0.2) is 0 Å². The van der Waals surface area contributed by atoms with Gasteiger partial charge in [0.25, 0.3) is 0 Å². The van der Waals surface area contributed by atoms with Crippen LogP contribution in [0.2, 0.25) is 10.3 Å². The fourth-order valence-electron chi connectivity index (χ4n) is 3.06. The molecule has 0 bridgehead atoms. The van der Waals surface area contributed by atoms with Crippen LogP contribution in [-0.4, -0.2) is 4.57 Å². The normalized spacial score (nSPS) is 10.8. The standard InChI is InChI=1S/C22H15Cl2N/c23-21-19(16-10-4-1-5-11-16)20(17-12-6-2-7-13-17)22(24)25(21)18-14-8-3-9-15-18/h1-15H. The summed E-state index contributed by atoms with van der Waals surface area (Å²) in [6.45, 7) is 0. The minimum atomic E-state index is 0.612. The average molecular weight is 364 g/mol. The van der Waals surface area contributed by atoms with Gasteiger partial charge in [-0.3, -0.25) is 4.57 Å². The van der Waals surface area contributed by atoms with Crippen LogP contribution in [0.25, 0.3) is 27.9 Å². The van der Waals surface area contributed by atoms with Crippen LogP contribution < -0.4 is 0 Å². The van der Waals surface area contributed by atoms with Crippen molar-refractivity contribution in [2.75, 3.05) is 0 Å². The molecule has 0 radical (unpaired) electrons. The van der Waals surface area contributed by atoms with Crippen molar-refractivity contribution in [2.24, 2.45) is 0 Å². The highest BCUT2D eigenvalue weighted by Crippen LogP contribution is 2.46. The van der Waals surface area contributed by atoms with Crippen molar-refractivity contribution in [1.82, 2.24) is 4.57 Å². The van der Waals surface area contributed by atoms with Crippen LogP contribution in [0.3, 0.4) is 0 Å². The Kier molecular flexibility index (Phi) is 4.35. The first-order valence-corrected chi connectivity index (χ1v) is 8.79. The summed E-state index contributed by atoms with van der Waals surface area (Å²) >= 11 is 13.7. The lowest BCUT2D eigenvalue weighted by Crippen LogP contribution is -1.93. The monoisotopic (exact) mass is 363 g/mol. The summed E-state index contributed by atoms with van der Waals surface area (Å²) in [6, 6.07) is 30.2. The lowest BCUT2D eigenvalue weighted by atomic mass is 9.99. The summed E-state index contributed by atoms with van der Waals surface area (Å²) in [5.74, 6) is 0. The van der Waals surface area contributed by atoms with Crippen LogP contribution >= 0.6 is 23.2 Å². The minimum absolute atomic E-state index is 0.612. The molecular formula is C22H15Cl2N. The van der Waals surface area contributed by atoms with Crippen molar-refractivity contribution in [1.29, 1.82) is 0 Å². The lowest BCUT2D eigenvalue weighted by Gasteiger charge is -2.07. The molecule has 0 spiro atoms. The molecule has 0 saturated heterocycles. The zero-order chi connectivity index (χ0) is 17.2. The van der Waals surface area contributed by atoms with Crippen molar-refractivity contribution in [2.45, 2.75) is 0 Å². The number of hydrogen-bond acceptors (Lipinski definition) is 0. The van der Waals surface area contributed by atoms with Crippen LogP contribution in [0.5, 0.6) is 0 Å². The molecule has 122 valence electrons. The molecule has 0 aliphatic carbocycles. The Morgan fingerprint density at radius 3 is 1.24 bits per heavy atom. The first kappa shape index (κ1) is 16.0. The van der Waals surface area contributed by atoms with E-state index in [1.54, 1.807) is 0 Å². The molecule has 0 fully saturated rings. The molecule has 0 atom stereocenters. The zero-order valence-corrected chi connectivity index (χ0v) is 14.9. The number of para-hydroxylation sites is 1. The first-order chi connectivity index (χ1) is 12.3. The van der Waals surface area contributed by atoms with E-state index in [1.165, 1.54) is 0 Å². The molecule has 0 amide bonds. The second kappa shape index (κ2) is 6.79. The first-order valence-electron chi connectivity index (χ1n) is 8.03. The lowest BCUT2D eigenvalue weighted by molar-refractivity contribution is 1.08. The zero-order valence-electron chi connectivity index (χ0n) is 13.4. The van der Waals surface area contributed by atoms with Crippen LogP contribution in [-0.2, 0) is 0 Å². The molecule has 25 heavy (non-hydrogen) atoms. The van der Waals surface area contributed by atoms with E-state index in [0.29, 0.717) is 10.3 Å². The van der Waals surface area contributed by atoms with Gasteiger partial charge in [-0.05, 0) is 23.3 Å². The molecular weight excluding hydrogens is 349 g/mol. The third-order valence-corrected chi connectivity index (χ3v) is 4.91. The van der Waals surface area contributed by atoms with E-state index in [9.17, 15) is 0 Å². The van der Waals surface area contributed by atoms with E-state index < -0.39 is 0 Å². The summed E-state index contributed by atoms with van der Waals surface area (Å²) in [4.78, 5) is 0. The maximum atomic E-state index is 6.83. The van der Waals surface area contributed by atoms with Gasteiger partial charge in [0.2, 0.25) is 0 Å². The van der Waals surface area contributed by atoms with Gasteiger partial charge in [-0.25, -0.2) is 0 Å². The van der Waals surface area contributed by atoms with Crippen molar-refractivity contribution >= 4 is 23.2 Å². The molecule has 1 aromatic heterocycles. The fourth-order valence-corrected chi connectivity index (χ4v) is 3.87. The highest BCUT2D eigenvalue weighted by atomic mass is 35.5. The van der Waals surface area contributed by atoms with Crippen molar-refractivity contribution < 1.29 is 0 Å². The third-order valence-electron chi connectivity index (χ3n) is 4.19. The Balaban J connectivity index is 2.06.